The molecule has 0 saturated carbocycles. The Morgan fingerprint density at radius 1 is 1.07 bits per heavy atom. The zero-order valence-electron chi connectivity index (χ0n) is 20.8. The lowest BCUT2D eigenvalue weighted by molar-refractivity contribution is -0.148. The first-order valence-corrected chi connectivity index (χ1v) is 13.1. The molecule has 1 amide bonds. The van der Waals surface area contributed by atoms with Gasteiger partial charge in [-0.2, -0.15) is 13.2 Å². The van der Waals surface area contributed by atoms with Crippen LogP contribution in [-0.2, 0) is 40.5 Å². The van der Waals surface area contributed by atoms with Crippen LogP contribution in [0, 0.1) is 24.4 Å². The Kier molecular flexibility index (Phi) is 9.11. The third kappa shape index (κ3) is 6.70. The fraction of sp³-hybridized carbons (Fsp3) is 0.333. The second-order valence-corrected chi connectivity index (χ2v) is 10.8. The third-order valence-electron chi connectivity index (χ3n) is 6.18. The number of aromatic nitrogens is 2. The van der Waals surface area contributed by atoms with Crippen LogP contribution in [0.15, 0.2) is 41.3 Å². The monoisotopic (exact) mass is 611 g/mol. The number of nitrogens with zero attached hydrogens (tertiary/aromatic N) is 3. The Balaban J connectivity index is 0.00000441. The summed E-state index contributed by atoms with van der Waals surface area (Å²) < 4.78 is 110. The minimum Gasteiger partial charge on any atom is -0.335 e. The number of alkyl halides is 3. The molecule has 0 radical (unpaired) electrons. The van der Waals surface area contributed by atoms with E-state index in [2.05, 4.69) is 9.71 Å². The van der Waals surface area contributed by atoms with Gasteiger partial charge in [0.25, 0.3) is 10.0 Å². The standard InChI is InChI=1S/C24H23F6N5O3S.ClH/c1-13-2-4-16(5-3-13)39(37,38)33-22-20-12-34(6-7-35(20)23(32-22)24(28,29)30)21(36)10-15(31)8-14-9-18(26)19(27)11-17(14)25;/h2-5,9,11,15,33H,6-8,10,12,31H2,1H3;1H. The number of imidazole rings is 1. The van der Waals surface area contributed by atoms with Gasteiger partial charge >= 0.3 is 6.18 Å². The minimum absolute atomic E-state index is 0. The molecule has 218 valence electrons. The molecule has 3 aromatic rings. The smallest absolute Gasteiger partial charge is 0.335 e. The van der Waals surface area contributed by atoms with E-state index in [-0.39, 0.29) is 54.5 Å². The van der Waals surface area contributed by atoms with E-state index in [1.165, 1.54) is 29.2 Å². The number of hydrogen-bond acceptors (Lipinski definition) is 5. The predicted octanol–water partition coefficient (Wildman–Crippen LogP) is 4.15. The van der Waals surface area contributed by atoms with E-state index in [4.69, 9.17) is 5.73 Å². The summed E-state index contributed by atoms with van der Waals surface area (Å²) in [6.45, 7) is 0.820. The molecule has 3 N–H and O–H groups in total. The van der Waals surface area contributed by atoms with Gasteiger partial charge < -0.3 is 15.2 Å². The molecule has 0 spiro atoms. The Morgan fingerprint density at radius 3 is 2.33 bits per heavy atom. The molecule has 2 heterocycles. The van der Waals surface area contributed by atoms with Crippen molar-refractivity contribution in [1.82, 2.24) is 14.5 Å². The van der Waals surface area contributed by atoms with Gasteiger partial charge in [-0.1, -0.05) is 17.7 Å². The zero-order valence-corrected chi connectivity index (χ0v) is 22.4. The summed E-state index contributed by atoms with van der Waals surface area (Å²) in [4.78, 5) is 17.4. The first-order chi connectivity index (χ1) is 18.2. The first-order valence-electron chi connectivity index (χ1n) is 11.6. The number of amides is 1. The summed E-state index contributed by atoms with van der Waals surface area (Å²) in [6.07, 6.45) is -5.59. The fourth-order valence-corrected chi connectivity index (χ4v) is 5.24. The summed E-state index contributed by atoms with van der Waals surface area (Å²) in [5, 5.41) is 0. The molecule has 4 rings (SSSR count). The van der Waals surface area contributed by atoms with Crippen LogP contribution in [0.1, 0.15) is 29.1 Å². The summed E-state index contributed by atoms with van der Waals surface area (Å²) in [5.74, 6) is -6.21. The lowest BCUT2D eigenvalue weighted by atomic mass is 10.0. The molecular formula is C24H24ClF6N5O3S. The van der Waals surface area contributed by atoms with E-state index in [0.29, 0.717) is 12.1 Å². The van der Waals surface area contributed by atoms with Crippen LogP contribution in [-0.4, -0.2) is 41.4 Å². The van der Waals surface area contributed by atoms with E-state index >= 15 is 0 Å². The fourth-order valence-electron chi connectivity index (χ4n) is 4.21. The Labute approximate surface area is 231 Å². The van der Waals surface area contributed by atoms with Crippen molar-refractivity contribution < 1.29 is 39.6 Å². The highest BCUT2D eigenvalue weighted by Gasteiger charge is 2.41. The van der Waals surface area contributed by atoms with Gasteiger partial charge in [-0.15, -0.1) is 12.4 Å². The first kappa shape index (κ1) is 31.2. The van der Waals surface area contributed by atoms with Crippen molar-refractivity contribution in [2.45, 2.75) is 50.0 Å². The maximum atomic E-state index is 14.0. The van der Waals surface area contributed by atoms with Crippen molar-refractivity contribution in [2.75, 3.05) is 11.3 Å². The van der Waals surface area contributed by atoms with Crippen molar-refractivity contribution in [1.29, 1.82) is 0 Å². The topological polar surface area (TPSA) is 110 Å². The van der Waals surface area contributed by atoms with Crippen molar-refractivity contribution >= 4 is 34.2 Å². The van der Waals surface area contributed by atoms with Crippen LogP contribution >= 0.6 is 12.4 Å². The molecule has 40 heavy (non-hydrogen) atoms. The van der Waals surface area contributed by atoms with Gasteiger partial charge in [-0.05, 0) is 37.1 Å². The highest BCUT2D eigenvalue weighted by Crippen LogP contribution is 2.35. The highest BCUT2D eigenvalue weighted by molar-refractivity contribution is 7.92. The van der Waals surface area contributed by atoms with Crippen molar-refractivity contribution in [3.8, 4) is 0 Å². The molecular weight excluding hydrogens is 588 g/mol. The summed E-state index contributed by atoms with van der Waals surface area (Å²) in [5.41, 5.74) is 6.27. The number of anilines is 1. The van der Waals surface area contributed by atoms with Crippen LogP contribution in [0.4, 0.5) is 32.2 Å². The average molecular weight is 612 g/mol. The van der Waals surface area contributed by atoms with E-state index in [0.717, 1.165) is 10.1 Å². The number of halogens is 7. The molecule has 0 fully saturated rings. The largest absolute Gasteiger partial charge is 0.449 e. The number of carbonyl (C=O) groups is 1. The van der Waals surface area contributed by atoms with E-state index in [1.807, 2.05) is 0 Å². The number of nitrogens with two attached hydrogens (primary N) is 1. The van der Waals surface area contributed by atoms with E-state index in [9.17, 15) is 39.6 Å². The Hall–Kier alpha value is -3.30. The third-order valence-corrected chi connectivity index (χ3v) is 7.54. The van der Waals surface area contributed by atoms with Gasteiger partial charge in [0, 0.05) is 31.6 Å². The number of fused-ring (bicyclic) bond motifs is 1. The maximum absolute atomic E-state index is 14.0. The van der Waals surface area contributed by atoms with Crippen LogP contribution < -0.4 is 10.5 Å². The zero-order chi connectivity index (χ0) is 28.7. The summed E-state index contributed by atoms with van der Waals surface area (Å²) in [7, 11) is -4.31. The van der Waals surface area contributed by atoms with Gasteiger partial charge in [0.2, 0.25) is 11.7 Å². The highest BCUT2D eigenvalue weighted by atomic mass is 35.5. The van der Waals surface area contributed by atoms with Crippen LogP contribution in [0.3, 0.4) is 0 Å². The number of nitrogens with one attached hydrogen (secondary N) is 1. The van der Waals surface area contributed by atoms with Gasteiger partial charge in [-0.3, -0.25) is 9.52 Å². The van der Waals surface area contributed by atoms with Crippen LogP contribution in [0.5, 0.6) is 0 Å². The molecule has 0 bridgehead atoms. The van der Waals surface area contributed by atoms with Crippen molar-refractivity contribution in [2.24, 2.45) is 5.73 Å². The molecule has 1 aliphatic heterocycles. The maximum Gasteiger partial charge on any atom is 0.449 e. The second-order valence-electron chi connectivity index (χ2n) is 9.14. The van der Waals surface area contributed by atoms with Crippen molar-refractivity contribution in [3.05, 3.63) is 76.5 Å². The Bertz CT molecular complexity index is 1510. The average Bonchev–Trinajstić information content (AvgIpc) is 3.20. The second kappa shape index (κ2) is 11.7. The number of rotatable bonds is 7. The molecule has 1 unspecified atom stereocenters. The number of aryl methyl sites for hydroxylation is 1. The lowest BCUT2D eigenvalue weighted by Crippen LogP contribution is -2.42. The molecule has 2 aromatic carbocycles. The van der Waals surface area contributed by atoms with Gasteiger partial charge in [0.05, 0.1) is 17.1 Å². The number of benzene rings is 2. The molecule has 8 nitrogen and oxygen atoms in total. The van der Waals surface area contributed by atoms with E-state index < -0.39 is 63.8 Å². The van der Waals surface area contributed by atoms with E-state index in [1.54, 1.807) is 6.92 Å². The molecule has 1 aliphatic rings. The molecule has 1 atom stereocenters. The molecule has 0 saturated heterocycles. The summed E-state index contributed by atoms with van der Waals surface area (Å²) >= 11 is 0. The normalized spacial score (nSPS) is 14.3. The SMILES string of the molecule is Cc1ccc(S(=O)(=O)Nc2nc(C(F)(F)F)n3c2CN(C(=O)CC(N)Cc2cc(F)c(F)cc2F)CC3)cc1.Cl. The predicted molar refractivity (Wildman–Crippen MR) is 134 cm³/mol. The number of sulfonamides is 1. The van der Waals surface area contributed by atoms with Gasteiger partial charge in [-0.25, -0.2) is 26.6 Å². The Morgan fingerprint density at radius 2 is 1.70 bits per heavy atom. The van der Waals surface area contributed by atoms with Gasteiger partial charge in [0.1, 0.15) is 5.82 Å². The number of hydrogen-bond donors (Lipinski definition) is 2. The summed E-state index contributed by atoms with van der Waals surface area (Å²) in [6, 6.07) is 5.61. The van der Waals surface area contributed by atoms with Crippen LogP contribution in [0.25, 0.3) is 0 Å². The van der Waals surface area contributed by atoms with Gasteiger partial charge in [0.15, 0.2) is 17.5 Å². The number of carbonyl (C=O) groups excluding carboxylic acids is 1. The molecule has 0 aliphatic carbocycles. The molecule has 16 heteroatoms. The van der Waals surface area contributed by atoms with Crippen LogP contribution in [0.2, 0.25) is 0 Å². The lowest BCUT2D eigenvalue weighted by Gasteiger charge is -2.30. The minimum atomic E-state index is -4.90. The van der Waals surface area contributed by atoms with Crippen molar-refractivity contribution in [3.63, 3.8) is 0 Å². The quantitative estimate of drug-likeness (QED) is 0.308. The molecule has 1 aromatic heterocycles.